The van der Waals surface area contributed by atoms with E-state index >= 15 is 0 Å². The number of rotatable bonds is 2. The Labute approximate surface area is 105 Å². The van der Waals surface area contributed by atoms with E-state index < -0.39 is 5.60 Å². The molecule has 2 rings (SSSR count). The Kier molecular flexibility index (Phi) is 2.91. The number of nitrogen functional groups attached to an aromatic ring is 1. The Morgan fingerprint density at radius 2 is 2.24 bits per heavy atom. The largest absolute Gasteiger partial charge is 0.462 e. The van der Waals surface area contributed by atoms with Gasteiger partial charge in [-0.15, -0.1) is 11.3 Å². The monoisotopic (exact) mass is 255 g/mol. The van der Waals surface area contributed by atoms with Gasteiger partial charge < -0.3 is 15.2 Å². The van der Waals surface area contributed by atoms with Crippen molar-refractivity contribution >= 4 is 22.3 Å². The zero-order valence-corrected chi connectivity index (χ0v) is 11.3. The first kappa shape index (κ1) is 12.4. The highest BCUT2D eigenvalue weighted by Gasteiger charge is 2.42. The van der Waals surface area contributed by atoms with Crippen molar-refractivity contribution in [2.24, 2.45) is 0 Å². The molecule has 0 aliphatic carbocycles. The van der Waals surface area contributed by atoms with E-state index in [2.05, 4.69) is 0 Å². The first-order valence-corrected chi connectivity index (χ1v) is 6.47. The lowest BCUT2D eigenvalue weighted by Gasteiger charge is -2.20. The van der Waals surface area contributed by atoms with E-state index in [4.69, 9.17) is 15.2 Å². The maximum absolute atomic E-state index is 11.9. The zero-order valence-electron chi connectivity index (χ0n) is 10.5. The van der Waals surface area contributed by atoms with Crippen molar-refractivity contribution in [3.05, 3.63) is 16.0 Å². The minimum atomic E-state index is -0.481. The Morgan fingerprint density at radius 3 is 2.82 bits per heavy atom. The molecule has 5 heteroatoms. The molecule has 0 spiro atoms. The predicted octanol–water partition coefficient (Wildman–Crippen LogP) is 2.83. The Balaban J connectivity index is 2.55. The van der Waals surface area contributed by atoms with Crippen LogP contribution in [0.15, 0.2) is 0 Å². The fourth-order valence-electron chi connectivity index (χ4n) is 2.31. The number of ether oxygens (including phenoxy) is 2. The fraction of sp³-hybridized carbons (Fsp3) is 0.583. The highest BCUT2D eigenvalue weighted by atomic mass is 32.1. The number of hydrogen-bond donors (Lipinski definition) is 1. The van der Waals surface area contributed by atoms with Crippen molar-refractivity contribution in [1.82, 2.24) is 0 Å². The fourth-order valence-corrected chi connectivity index (χ4v) is 3.50. The second-order valence-electron chi connectivity index (χ2n) is 4.57. The number of hydrogen-bond acceptors (Lipinski definition) is 5. The minimum absolute atomic E-state index is 0.0181. The van der Waals surface area contributed by atoms with E-state index in [1.54, 1.807) is 6.92 Å². The normalized spacial score (nSPS) is 21.3. The summed E-state index contributed by atoms with van der Waals surface area (Å²) in [7, 11) is 0. The van der Waals surface area contributed by atoms with Crippen LogP contribution in [-0.2, 0) is 15.1 Å². The SMILES string of the molecule is CCOC(=O)c1c(N)sc2c1C(C)(C)OC2C. The number of anilines is 1. The molecular formula is C12H17NO3S. The zero-order chi connectivity index (χ0) is 12.8. The summed E-state index contributed by atoms with van der Waals surface area (Å²) in [6.07, 6.45) is -0.0181. The van der Waals surface area contributed by atoms with Gasteiger partial charge in [0.2, 0.25) is 0 Å². The lowest BCUT2D eigenvalue weighted by Crippen LogP contribution is -2.20. The van der Waals surface area contributed by atoms with Crippen LogP contribution in [0.1, 0.15) is 54.6 Å². The molecular weight excluding hydrogens is 238 g/mol. The molecule has 1 unspecified atom stereocenters. The van der Waals surface area contributed by atoms with Gasteiger partial charge in [-0.3, -0.25) is 0 Å². The summed E-state index contributed by atoms with van der Waals surface area (Å²) in [5.41, 5.74) is 6.83. The Hall–Kier alpha value is -1.07. The lowest BCUT2D eigenvalue weighted by molar-refractivity contribution is -0.0435. The van der Waals surface area contributed by atoms with Crippen molar-refractivity contribution in [2.45, 2.75) is 39.4 Å². The van der Waals surface area contributed by atoms with E-state index in [0.717, 1.165) is 10.4 Å². The molecule has 0 fully saturated rings. The van der Waals surface area contributed by atoms with Crippen LogP contribution in [0.4, 0.5) is 5.00 Å². The molecule has 1 aromatic rings. The van der Waals surface area contributed by atoms with E-state index in [9.17, 15) is 4.79 Å². The van der Waals surface area contributed by atoms with Gasteiger partial charge in [0.05, 0.1) is 18.3 Å². The molecule has 0 bridgehead atoms. The van der Waals surface area contributed by atoms with Gasteiger partial charge in [-0.2, -0.15) is 0 Å². The van der Waals surface area contributed by atoms with Crippen molar-refractivity contribution < 1.29 is 14.3 Å². The maximum Gasteiger partial charge on any atom is 0.341 e. The second-order valence-corrected chi connectivity index (χ2v) is 5.66. The molecule has 0 amide bonds. The molecule has 2 heterocycles. The van der Waals surface area contributed by atoms with Crippen molar-refractivity contribution in [2.75, 3.05) is 12.3 Å². The molecule has 1 aliphatic rings. The molecule has 1 aromatic heterocycles. The summed E-state index contributed by atoms with van der Waals surface area (Å²) in [5.74, 6) is -0.353. The third-order valence-electron chi connectivity index (χ3n) is 2.88. The summed E-state index contributed by atoms with van der Waals surface area (Å²) in [6.45, 7) is 8.00. The predicted molar refractivity (Wildman–Crippen MR) is 67.2 cm³/mol. The average Bonchev–Trinajstić information content (AvgIpc) is 2.64. The smallest absolute Gasteiger partial charge is 0.341 e. The van der Waals surface area contributed by atoms with Gasteiger partial charge >= 0.3 is 5.97 Å². The summed E-state index contributed by atoms with van der Waals surface area (Å²) < 4.78 is 10.9. The van der Waals surface area contributed by atoms with Gasteiger partial charge in [0.15, 0.2) is 0 Å². The van der Waals surface area contributed by atoms with Crippen LogP contribution in [-0.4, -0.2) is 12.6 Å². The first-order chi connectivity index (χ1) is 7.88. The number of esters is 1. The van der Waals surface area contributed by atoms with Crippen LogP contribution >= 0.6 is 11.3 Å². The average molecular weight is 255 g/mol. The Bertz CT molecular complexity index is 465. The third-order valence-corrected chi connectivity index (χ3v) is 4.06. The quantitative estimate of drug-likeness (QED) is 0.825. The second kappa shape index (κ2) is 3.99. The van der Waals surface area contributed by atoms with Crippen LogP contribution < -0.4 is 5.73 Å². The van der Waals surface area contributed by atoms with Crippen molar-refractivity contribution in [3.8, 4) is 0 Å². The minimum Gasteiger partial charge on any atom is -0.462 e. The highest BCUT2D eigenvalue weighted by molar-refractivity contribution is 7.16. The molecule has 4 nitrogen and oxygen atoms in total. The molecule has 0 saturated carbocycles. The van der Waals surface area contributed by atoms with E-state index in [-0.39, 0.29) is 12.1 Å². The number of fused-ring (bicyclic) bond motifs is 1. The Morgan fingerprint density at radius 1 is 1.59 bits per heavy atom. The van der Waals surface area contributed by atoms with Gasteiger partial charge in [-0.1, -0.05) is 0 Å². The van der Waals surface area contributed by atoms with Crippen LogP contribution in [0.3, 0.4) is 0 Å². The van der Waals surface area contributed by atoms with Crippen LogP contribution in [0.5, 0.6) is 0 Å². The molecule has 17 heavy (non-hydrogen) atoms. The first-order valence-electron chi connectivity index (χ1n) is 5.66. The van der Waals surface area contributed by atoms with Crippen LogP contribution in [0.2, 0.25) is 0 Å². The summed E-state index contributed by atoms with van der Waals surface area (Å²) >= 11 is 1.42. The van der Waals surface area contributed by atoms with E-state index in [0.29, 0.717) is 17.2 Å². The molecule has 0 radical (unpaired) electrons. The van der Waals surface area contributed by atoms with Crippen molar-refractivity contribution in [1.29, 1.82) is 0 Å². The summed E-state index contributed by atoms with van der Waals surface area (Å²) in [5, 5.41) is 0.525. The number of nitrogens with two attached hydrogens (primary N) is 1. The standard InChI is InChI=1S/C12H17NO3S/c1-5-15-11(14)7-8-9(17-10(7)13)6(2)16-12(8,3)4/h6H,5,13H2,1-4H3. The molecule has 94 valence electrons. The molecule has 2 N–H and O–H groups in total. The molecule has 0 saturated heterocycles. The topological polar surface area (TPSA) is 61.5 Å². The number of carbonyl (C=O) groups excluding carboxylic acids is 1. The molecule has 1 atom stereocenters. The van der Waals surface area contributed by atoms with Crippen molar-refractivity contribution in [3.63, 3.8) is 0 Å². The van der Waals surface area contributed by atoms with Gasteiger partial charge in [0.1, 0.15) is 10.6 Å². The van der Waals surface area contributed by atoms with Crippen LogP contribution in [0.25, 0.3) is 0 Å². The van der Waals surface area contributed by atoms with Crippen LogP contribution in [0, 0.1) is 0 Å². The van der Waals surface area contributed by atoms with E-state index in [1.807, 2.05) is 20.8 Å². The van der Waals surface area contributed by atoms with Gasteiger partial charge in [0, 0.05) is 10.4 Å². The number of carbonyl (C=O) groups is 1. The lowest BCUT2D eigenvalue weighted by atomic mass is 9.96. The highest BCUT2D eigenvalue weighted by Crippen LogP contribution is 2.50. The maximum atomic E-state index is 11.9. The van der Waals surface area contributed by atoms with Gasteiger partial charge in [0.25, 0.3) is 0 Å². The molecule has 1 aliphatic heterocycles. The van der Waals surface area contributed by atoms with Gasteiger partial charge in [-0.25, -0.2) is 4.79 Å². The third kappa shape index (κ3) is 1.83. The van der Waals surface area contributed by atoms with E-state index in [1.165, 1.54) is 11.3 Å². The summed E-state index contributed by atoms with van der Waals surface area (Å²) in [6, 6.07) is 0. The number of thiophene rings is 1. The van der Waals surface area contributed by atoms with Gasteiger partial charge in [-0.05, 0) is 27.7 Å². The summed E-state index contributed by atoms with van der Waals surface area (Å²) in [4.78, 5) is 13.0. The molecule has 0 aromatic carbocycles.